The number of amides is 1. The van der Waals surface area contributed by atoms with Crippen molar-refractivity contribution in [3.05, 3.63) is 35.3 Å². The molecule has 104 valence electrons. The zero-order valence-corrected chi connectivity index (χ0v) is 12.3. The molecule has 0 unspecified atom stereocenters. The Labute approximate surface area is 122 Å². The molecule has 1 aromatic carbocycles. The summed E-state index contributed by atoms with van der Waals surface area (Å²) >= 11 is 1.20. The molecular formula is C14H16N4OS. The number of fused-ring (bicyclic) bond motifs is 1. The number of hydrogen-bond acceptors (Lipinski definition) is 5. The van der Waals surface area contributed by atoms with E-state index in [2.05, 4.69) is 28.5 Å². The smallest absolute Gasteiger partial charge is 0.279 e. The summed E-state index contributed by atoms with van der Waals surface area (Å²) in [5, 5.41) is 5.60. The highest BCUT2D eigenvalue weighted by atomic mass is 32.1. The highest BCUT2D eigenvalue weighted by Gasteiger charge is 2.28. The van der Waals surface area contributed by atoms with E-state index < -0.39 is 0 Å². The van der Waals surface area contributed by atoms with Gasteiger partial charge in [-0.1, -0.05) is 23.5 Å². The van der Waals surface area contributed by atoms with Crippen molar-refractivity contribution in [3.8, 4) is 0 Å². The van der Waals surface area contributed by atoms with Crippen LogP contribution >= 0.6 is 11.5 Å². The van der Waals surface area contributed by atoms with Gasteiger partial charge in [0.1, 0.15) is 0 Å². The van der Waals surface area contributed by atoms with Crippen LogP contribution in [0.3, 0.4) is 0 Å². The zero-order chi connectivity index (χ0) is 14.1. The van der Waals surface area contributed by atoms with Gasteiger partial charge < -0.3 is 9.80 Å². The van der Waals surface area contributed by atoms with E-state index in [0.717, 1.165) is 17.9 Å². The van der Waals surface area contributed by atoms with E-state index in [1.165, 1.54) is 11.5 Å². The van der Waals surface area contributed by atoms with E-state index in [4.69, 9.17) is 0 Å². The Bertz CT molecular complexity index is 613. The first-order chi connectivity index (χ1) is 9.66. The third-order valence-electron chi connectivity index (χ3n) is 3.49. The molecule has 1 amide bonds. The summed E-state index contributed by atoms with van der Waals surface area (Å²) in [6, 6.07) is 8.00. The van der Waals surface area contributed by atoms with E-state index >= 15 is 0 Å². The molecule has 6 heteroatoms. The van der Waals surface area contributed by atoms with Crippen molar-refractivity contribution in [1.29, 1.82) is 0 Å². The minimum atomic E-state index is -0.0756. The predicted molar refractivity (Wildman–Crippen MR) is 80.5 cm³/mol. The van der Waals surface area contributed by atoms with Crippen molar-refractivity contribution in [3.63, 3.8) is 0 Å². The zero-order valence-electron chi connectivity index (χ0n) is 11.5. The minimum Gasteiger partial charge on any atom is -0.373 e. The lowest BCUT2D eigenvalue weighted by molar-refractivity contribution is 0.0979. The maximum Gasteiger partial charge on any atom is 0.279 e. The molecule has 3 rings (SSSR count). The average molecular weight is 288 g/mol. The molecule has 2 aromatic rings. The predicted octanol–water partition coefficient (Wildman–Crippen LogP) is 2.27. The Hall–Kier alpha value is -1.95. The van der Waals surface area contributed by atoms with Crippen LogP contribution in [0.4, 0.5) is 11.4 Å². The molecule has 0 aliphatic carbocycles. The molecule has 1 aliphatic heterocycles. The molecule has 0 saturated carbocycles. The van der Waals surface area contributed by atoms with Crippen molar-refractivity contribution >= 4 is 28.8 Å². The van der Waals surface area contributed by atoms with Crippen LogP contribution in [0.25, 0.3) is 0 Å². The van der Waals surface area contributed by atoms with Crippen LogP contribution in [0.15, 0.2) is 29.6 Å². The molecule has 0 N–H and O–H groups in total. The number of aromatic nitrogens is 2. The number of nitrogens with zero attached hydrogens (tertiary/aromatic N) is 4. The third kappa shape index (κ3) is 2.27. The Morgan fingerprint density at radius 2 is 2.05 bits per heavy atom. The van der Waals surface area contributed by atoms with Gasteiger partial charge in [-0.25, -0.2) is 0 Å². The summed E-state index contributed by atoms with van der Waals surface area (Å²) in [5.41, 5.74) is 2.44. The normalized spacial score (nSPS) is 18.6. The standard InChI is InChI=1S/C14H16N4OS/c1-10-7-17(2)12-5-3-4-6-13(12)18(8-10)14(19)11-9-20-16-15-11/h3-6,9-10H,7-8H2,1-2H3/t10-/m1/s1. The van der Waals surface area contributed by atoms with Crippen molar-refractivity contribution in [1.82, 2.24) is 9.59 Å². The molecule has 0 bridgehead atoms. The average Bonchev–Trinajstić information content (AvgIpc) is 2.94. The first-order valence-electron chi connectivity index (χ1n) is 6.56. The van der Waals surface area contributed by atoms with Gasteiger partial charge in [-0.05, 0) is 29.6 Å². The topological polar surface area (TPSA) is 49.3 Å². The largest absolute Gasteiger partial charge is 0.373 e. The van der Waals surface area contributed by atoms with Gasteiger partial charge in [-0.3, -0.25) is 4.79 Å². The fourth-order valence-electron chi connectivity index (χ4n) is 2.64. The molecule has 5 nitrogen and oxygen atoms in total. The minimum absolute atomic E-state index is 0.0756. The first kappa shape index (κ1) is 13.1. The van der Waals surface area contributed by atoms with Gasteiger partial charge in [0.05, 0.1) is 11.4 Å². The van der Waals surface area contributed by atoms with Crippen LogP contribution in [0.5, 0.6) is 0 Å². The first-order valence-corrected chi connectivity index (χ1v) is 7.39. The van der Waals surface area contributed by atoms with Crippen molar-refractivity contribution < 1.29 is 4.79 Å². The van der Waals surface area contributed by atoms with Crippen LogP contribution < -0.4 is 9.80 Å². The summed E-state index contributed by atoms with van der Waals surface area (Å²) in [7, 11) is 2.06. The van der Waals surface area contributed by atoms with Crippen molar-refractivity contribution in [2.24, 2.45) is 5.92 Å². The number of carbonyl (C=O) groups is 1. The van der Waals surface area contributed by atoms with Crippen LogP contribution in [-0.2, 0) is 0 Å². The second-order valence-corrected chi connectivity index (χ2v) is 5.79. The van der Waals surface area contributed by atoms with Gasteiger partial charge >= 0.3 is 0 Å². The van der Waals surface area contributed by atoms with E-state index in [1.807, 2.05) is 29.2 Å². The lowest BCUT2D eigenvalue weighted by Gasteiger charge is -2.23. The Balaban J connectivity index is 2.05. The van der Waals surface area contributed by atoms with E-state index in [1.54, 1.807) is 5.38 Å². The van der Waals surface area contributed by atoms with E-state index in [9.17, 15) is 4.79 Å². The summed E-state index contributed by atoms with van der Waals surface area (Å²) in [5.74, 6) is 0.316. The fourth-order valence-corrected chi connectivity index (χ4v) is 3.07. The molecule has 20 heavy (non-hydrogen) atoms. The Morgan fingerprint density at radius 1 is 1.30 bits per heavy atom. The number of carbonyl (C=O) groups excluding carboxylic acids is 1. The second kappa shape index (κ2) is 5.20. The third-order valence-corrected chi connectivity index (χ3v) is 3.99. The SMILES string of the molecule is C[C@@H]1CN(C)c2ccccc2N(C(=O)c2csnn2)C1. The lowest BCUT2D eigenvalue weighted by Crippen LogP contribution is -2.35. The number of anilines is 2. The molecule has 0 fully saturated rings. The van der Waals surface area contributed by atoms with Crippen LogP contribution in [0.2, 0.25) is 0 Å². The van der Waals surface area contributed by atoms with Crippen molar-refractivity contribution in [2.45, 2.75) is 6.92 Å². The van der Waals surface area contributed by atoms with Crippen LogP contribution in [0, 0.1) is 5.92 Å². The van der Waals surface area contributed by atoms with Crippen LogP contribution in [-0.4, -0.2) is 35.6 Å². The summed E-state index contributed by atoms with van der Waals surface area (Å²) < 4.78 is 3.79. The van der Waals surface area contributed by atoms with Gasteiger partial charge in [0.25, 0.3) is 5.91 Å². The molecule has 1 aliphatic rings. The lowest BCUT2D eigenvalue weighted by atomic mass is 10.1. The summed E-state index contributed by atoms with van der Waals surface area (Å²) in [4.78, 5) is 16.7. The monoisotopic (exact) mass is 288 g/mol. The van der Waals surface area contributed by atoms with E-state index in [-0.39, 0.29) is 5.91 Å². The molecule has 0 radical (unpaired) electrons. The molecule has 1 atom stereocenters. The maximum absolute atomic E-state index is 12.6. The Kier molecular flexibility index (Phi) is 3.40. The second-order valence-electron chi connectivity index (χ2n) is 5.18. The maximum atomic E-state index is 12.6. The highest BCUT2D eigenvalue weighted by Crippen LogP contribution is 2.33. The van der Waals surface area contributed by atoms with Crippen LogP contribution in [0.1, 0.15) is 17.4 Å². The van der Waals surface area contributed by atoms with E-state index in [0.29, 0.717) is 18.2 Å². The number of hydrogen-bond donors (Lipinski definition) is 0. The van der Waals surface area contributed by atoms with Gasteiger partial charge in [0.15, 0.2) is 5.69 Å². The summed E-state index contributed by atoms with van der Waals surface area (Å²) in [6.07, 6.45) is 0. The fraction of sp³-hybridized carbons (Fsp3) is 0.357. The molecule has 0 spiro atoms. The number of rotatable bonds is 1. The van der Waals surface area contributed by atoms with Gasteiger partial charge in [0, 0.05) is 25.5 Å². The molecule has 2 heterocycles. The molecule has 1 aromatic heterocycles. The van der Waals surface area contributed by atoms with Gasteiger partial charge in [-0.2, -0.15) is 0 Å². The van der Waals surface area contributed by atoms with Crippen molar-refractivity contribution in [2.75, 3.05) is 29.9 Å². The highest BCUT2D eigenvalue weighted by molar-refractivity contribution is 7.03. The number of benzene rings is 1. The van der Waals surface area contributed by atoms with Gasteiger partial charge in [0.2, 0.25) is 0 Å². The number of para-hydroxylation sites is 2. The quantitative estimate of drug-likeness (QED) is 0.807. The summed E-state index contributed by atoms with van der Waals surface area (Å²) in [6.45, 7) is 3.77. The van der Waals surface area contributed by atoms with Gasteiger partial charge in [-0.15, -0.1) is 5.10 Å². The molecular weight excluding hydrogens is 272 g/mol. The Morgan fingerprint density at radius 3 is 2.75 bits per heavy atom. The molecule has 0 saturated heterocycles.